The average molecular weight is 252 g/mol. The predicted molar refractivity (Wildman–Crippen MR) is 67.9 cm³/mol. The van der Waals surface area contributed by atoms with Crippen LogP contribution >= 0.6 is 0 Å². The third-order valence-electron chi connectivity index (χ3n) is 3.10. The van der Waals surface area contributed by atoms with Crippen molar-refractivity contribution in [1.29, 1.82) is 0 Å². The van der Waals surface area contributed by atoms with Crippen LogP contribution in [0.4, 0.5) is 5.82 Å². The smallest absolute Gasteiger partial charge is 0.144 e. The van der Waals surface area contributed by atoms with Crippen molar-refractivity contribution in [1.82, 2.24) is 14.9 Å². The third-order valence-corrected chi connectivity index (χ3v) is 3.10. The molecule has 0 aliphatic carbocycles. The molecule has 0 amide bonds. The summed E-state index contributed by atoms with van der Waals surface area (Å²) in [7, 11) is 0. The number of ether oxygens (including phenoxy) is 1. The summed E-state index contributed by atoms with van der Waals surface area (Å²) in [6.07, 6.45) is -0.122. The predicted octanol–water partition coefficient (Wildman–Crippen LogP) is -0.0512. The highest BCUT2D eigenvalue weighted by molar-refractivity contribution is 5.29. The van der Waals surface area contributed by atoms with Gasteiger partial charge in [-0.25, -0.2) is 9.97 Å². The Morgan fingerprint density at radius 2 is 2.33 bits per heavy atom. The van der Waals surface area contributed by atoms with Gasteiger partial charge in [-0.05, 0) is 13.8 Å². The highest BCUT2D eigenvalue weighted by Gasteiger charge is 2.26. The lowest BCUT2D eigenvalue weighted by molar-refractivity contribution is -0.0811. The van der Waals surface area contributed by atoms with E-state index >= 15 is 0 Å². The maximum Gasteiger partial charge on any atom is 0.144 e. The zero-order valence-electron chi connectivity index (χ0n) is 10.8. The number of aryl methyl sites for hydroxylation is 1. The van der Waals surface area contributed by atoms with Crippen molar-refractivity contribution in [3.8, 4) is 0 Å². The molecule has 2 rings (SSSR count). The molecule has 6 heteroatoms. The van der Waals surface area contributed by atoms with Gasteiger partial charge in [-0.15, -0.1) is 0 Å². The quantitative estimate of drug-likeness (QED) is 0.784. The Bertz CT molecular complexity index is 393. The van der Waals surface area contributed by atoms with E-state index in [-0.39, 0.29) is 18.8 Å². The number of nitrogens with zero attached hydrogens (tertiary/aromatic N) is 3. The zero-order chi connectivity index (χ0) is 13.1. The number of hydrogen-bond donors (Lipinski definition) is 2. The minimum absolute atomic E-state index is 0.0417. The molecule has 2 unspecified atom stereocenters. The van der Waals surface area contributed by atoms with Crippen molar-refractivity contribution in [3.05, 3.63) is 17.6 Å². The molecule has 100 valence electrons. The molecule has 2 atom stereocenters. The number of nitrogen functional groups attached to an aromatic ring is 1. The number of rotatable bonds is 3. The van der Waals surface area contributed by atoms with Gasteiger partial charge in [0.25, 0.3) is 0 Å². The molecule has 0 bridgehead atoms. The van der Waals surface area contributed by atoms with Crippen LogP contribution in [0.2, 0.25) is 0 Å². The summed E-state index contributed by atoms with van der Waals surface area (Å²) in [5.41, 5.74) is 6.59. The molecular formula is C12H20N4O2. The van der Waals surface area contributed by atoms with Crippen LogP contribution in [0.5, 0.6) is 0 Å². The maximum absolute atomic E-state index is 9.15. The van der Waals surface area contributed by atoms with E-state index in [9.17, 15) is 0 Å². The van der Waals surface area contributed by atoms with E-state index in [0.29, 0.717) is 25.5 Å². The lowest BCUT2D eigenvalue weighted by atomic mass is 10.2. The number of hydrogen-bond acceptors (Lipinski definition) is 6. The van der Waals surface area contributed by atoms with Gasteiger partial charge in [0.15, 0.2) is 0 Å². The van der Waals surface area contributed by atoms with Gasteiger partial charge in [-0.2, -0.15) is 0 Å². The van der Waals surface area contributed by atoms with E-state index in [1.165, 1.54) is 0 Å². The van der Waals surface area contributed by atoms with E-state index in [1.54, 1.807) is 6.07 Å². The van der Waals surface area contributed by atoms with Gasteiger partial charge >= 0.3 is 0 Å². The van der Waals surface area contributed by atoms with Gasteiger partial charge in [0.1, 0.15) is 11.6 Å². The van der Waals surface area contributed by atoms with E-state index in [2.05, 4.69) is 21.8 Å². The molecule has 0 aromatic carbocycles. The monoisotopic (exact) mass is 252 g/mol. The van der Waals surface area contributed by atoms with Crippen LogP contribution in [0.25, 0.3) is 0 Å². The molecule has 2 heterocycles. The van der Waals surface area contributed by atoms with Gasteiger partial charge in [-0.1, -0.05) is 0 Å². The minimum atomic E-state index is -0.122. The van der Waals surface area contributed by atoms with Crippen LogP contribution in [0.3, 0.4) is 0 Å². The summed E-state index contributed by atoms with van der Waals surface area (Å²) in [6, 6.07) is 2.04. The Kier molecular flexibility index (Phi) is 4.11. The number of aromatic nitrogens is 2. The first-order valence-corrected chi connectivity index (χ1v) is 6.15. The normalized spacial score (nSPS) is 25.3. The van der Waals surface area contributed by atoms with Crippen LogP contribution in [0, 0.1) is 6.92 Å². The molecule has 0 saturated carbocycles. The lowest BCUT2D eigenvalue weighted by Gasteiger charge is -2.36. The summed E-state index contributed by atoms with van der Waals surface area (Å²) >= 11 is 0. The molecule has 18 heavy (non-hydrogen) atoms. The van der Waals surface area contributed by atoms with E-state index in [4.69, 9.17) is 15.6 Å². The fraction of sp³-hybridized carbons (Fsp3) is 0.667. The fourth-order valence-electron chi connectivity index (χ4n) is 2.11. The molecule has 6 nitrogen and oxygen atoms in total. The van der Waals surface area contributed by atoms with Crippen LogP contribution in [0.1, 0.15) is 18.4 Å². The SMILES string of the molecule is Cc1cc(N)nc(CN2CC(CO)OCC2C)n1. The summed E-state index contributed by atoms with van der Waals surface area (Å²) in [4.78, 5) is 10.8. The largest absolute Gasteiger partial charge is 0.394 e. The van der Waals surface area contributed by atoms with Crippen molar-refractivity contribution in [2.75, 3.05) is 25.5 Å². The number of anilines is 1. The summed E-state index contributed by atoms with van der Waals surface area (Å²) < 4.78 is 5.50. The first-order valence-electron chi connectivity index (χ1n) is 6.15. The second kappa shape index (κ2) is 5.60. The zero-order valence-corrected chi connectivity index (χ0v) is 10.8. The van der Waals surface area contributed by atoms with Gasteiger partial charge in [-0.3, -0.25) is 4.90 Å². The number of aliphatic hydroxyl groups is 1. The number of aliphatic hydroxyl groups excluding tert-OH is 1. The van der Waals surface area contributed by atoms with Gasteiger partial charge < -0.3 is 15.6 Å². The fourth-order valence-corrected chi connectivity index (χ4v) is 2.11. The van der Waals surface area contributed by atoms with E-state index < -0.39 is 0 Å². The first kappa shape index (κ1) is 13.2. The van der Waals surface area contributed by atoms with Crippen LogP contribution in [-0.4, -0.2) is 51.9 Å². The Hall–Kier alpha value is -1.24. The van der Waals surface area contributed by atoms with E-state index in [0.717, 1.165) is 11.5 Å². The summed E-state index contributed by atoms with van der Waals surface area (Å²) in [6.45, 7) is 5.97. The lowest BCUT2D eigenvalue weighted by Crippen LogP contribution is -2.49. The van der Waals surface area contributed by atoms with Crippen LogP contribution in [0.15, 0.2) is 6.07 Å². The highest BCUT2D eigenvalue weighted by atomic mass is 16.5. The molecule has 1 aliphatic rings. The Balaban J connectivity index is 2.06. The molecular weight excluding hydrogens is 232 g/mol. The molecule has 1 fully saturated rings. The molecule has 0 radical (unpaired) electrons. The van der Waals surface area contributed by atoms with Crippen molar-refractivity contribution >= 4 is 5.82 Å². The van der Waals surface area contributed by atoms with Crippen molar-refractivity contribution in [3.63, 3.8) is 0 Å². The van der Waals surface area contributed by atoms with Gasteiger partial charge in [0.2, 0.25) is 0 Å². The molecule has 3 N–H and O–H groups in total. The van der Waals surface area contributed by atoms with E-state index in [1.807, 2.05) is 6.92 Å². The molecule has 0 spiro atoms. The van der Waals surface area contributed by atoms with Crippen LogP contribution in [-0.2, 0) is 11.3 Å². The second-order valence-electron chi connectivity index (χ2n) is 4.77. The average Bonchev–Trinajstić information content (AvgIpc) is 2.30. The molecule has 1 aromatic heterocycles. The molecule has 1 aromatic rings. The molecule has 1 aliphatic heterocycles. The topological polar surface area (TPSA) is 84.5 Å². The number of nitrogens with two attached hydrogens (primary N) is 1. The van der Waals surface area contributed by atoms with Crippen LogP contribution < -0.4 is 5.73 Å². The summed E-state index contributed by atoms with van der Waals surface area (Å²) in [5, 5.41) is 9.15. The Morgan fingerprint density at radius 3 is 3.00 bits per heavy atom. The van der Waals surface area contributed by atoms with Crippen molar-refractivity contribution < 1.29 is 9.84 Å². The maximum atomic E-state index is 9.15. The van der Waals surface area contributed by atoms with Gasteiger partial charge in [0, 0.05) is 24.3 Å². The Morgan fingerprint density at radius 1 is 1.56 bits per heavy atom. The summed E-state index contributed by atoms with van der Waals surface area (Å²) in [5.74, 6) is 1.22. The first-order chi connectivity index (χ1) is 8.58. The second-order valence-corrected chi connectivity index (χ2v) is 4.77. The molecule has 1 saturated heterocycles. The third kappa shape index (κ3) is 3.16. The van der Waals surface area contributed by atoms with Crippen molar-refractivity contribution in [2.45, 2.75) is 32.5 Å². The number of morpholine rings is 1. The highest BCUT2D eigenvalue weighted by Crippen LogP contribution is 2.14. The van der Waals surface area contributed by atoms with Crippen molar-refractivity contribution in [2.24, 2.45) is 0 Å². The Labute approximate surface area is 107 Å². The van der Waals surface area contributed by atoms with Gasteiger partial charge in [0.05, 0.1) is 25.9 Å². The standard InChI is InChI=1S/C12H20N4O2/c1-8-3-11(13)15-12(14-8)5-16-4-10(6-17)18-7-9(16)2/h3,9-10,17H,4-7H2,1-2H3,(H2,13,14,15). The minimum Gasteiger partial charge on any atom is -0.394 e.